The minimum absolute atomic E-state index is 0.0586. The first-order chi connectivity index (χ1) is 13.4. The molecule has 3 aliphatic carbocycles. The minimum atomic E-state index is -0.0586. The smallest absolute Gasteiger partial charge is 0.305 e. The van der Waals surface area contributed by atoms with Crippen molar-refractivity contribution in [1.82, 2.24) is 5.32 Å². The van der Waals surface area contributed by atoms with E-state index < -0.39 is 0 Å². The van der Waals surface area contributed by atoms with Crippen molar-refractivity contribution in [3.63, 3.8) is 0 Å². The number of ether oxygens (including phenoxy) is 1. The summed E-state index contributed by atoms with van der Waals surface area (Å²) in [4.78, 5) is 23.5. The van der Waals surface area contributed by atoms with Crippen LogP contribution in [0.25, 0.3) is 0 Å². The fourth-order valence-electron chi connectivity index (χ4n) is 7.68. The lowest BCUT2D eigenvalue weighted by atomic mass is 9.47. The van der Waals surface area contributed by atoms with Crippen LogP contribution in [0.4, 0.5) is 0 Å². The zero-order valence-electron chi connectivity index (χ0n) is 18.7. The zero-order chi connectivity index (χ0) is 20.5. The molecule has 0 aromatic carbocycles. The fourth-order valence-corrected chi connectivity index (χ4v) is 7.68. The van der Waals surface area contributed by atoms with Gasteiger partial charge in [0.05, 0.1) is 7.11 Å². The summed E-state index contributed by atoms with van der Waals surface area (Å²) < 4.78 is 4.87. The molecule has 0 aromatic rings. The topological polar surface area (TPSA) is 55.4 Å². The van der Waals surface area contributed by atoms with Gasteiger partial charge < -0.3 is 10.1 Å². The Bertz CT molecular complexity index is 590. The first-order valence-corrected chi connectivity index (χ1v) is 11.7. The van der Waals surface area contributed by atoms with Crippen LogP contribution in [0.5, 0.6) is 0 Å². The van der Waals surface area contributed by atoms with Crippen LogP contribution in [0.1, 0.15) is 91.9 Å². The Kier molecular flexibility index (Phi) is 6.46. The van der Waals surface area contributed by atoms with Gasteiger partial charge in [-0.25, -0.2) is 0 Å². The van der Waals surface area contributed by atoms with Crippen LogP contribution in [-0.4, -0.2) is 25.0 Å². The Hall–Kier alpha value is -1.06. The van der Waals surface area contributed by atoms with Gasteiger partial charge in [-0.2, -0.15) is 0 Å². The van der Waals surface area contributed by atoms with Gasteiger partial charge in [-0.1, -0.05) is 27.7 Å². The van der Waals surface area contributed by atoms with Gasteiger partial charge >= 0.3 is 5.97 Å². The molecule has 4 aliphatic rings. The van der Waals surface area contributed by atoms with Gasteiger partial charge in [-0.05, 0) is 85.9 Å². The van der Waals surface area contributed by atoms with E-state index in [0.717, 1.165) is 37.0 Å². The Balaban J connectivity index is 0.00000109. The molecule has 28 heavy (non-hydrogen) atoms. The van der Waals surface area contributed by atoms with Gasteiger partial charge in [0, 0.05) is 18.9 Å². The van der Waals surface area contributed by atoms with E-state index in [9.17, 15) is 9.59 Å². The van der Waals surface area contributed by atoms with Crippen molar-refractivity contribution in [3.8, 4) is 0 Å². The summed E-state index contributed by atoms with van der Waals surface area (Å²) in [5.74, 6) is 3.25. The second-order valence-electron chi connectivity index (χ2n) is 10.0. The summed E-state index contributed by atoms with van der Waals surface area (Å²) in [6.45, 7) is 8.97. The first kappa shape index (κ1) is 21.6. The van der Waals surface area contributed by atoms with Gasteiger partial charge in [0.1, 0.15) is 0 Å². The summed E-state index contributed by atoms with van der Waals surface area (Å²) in [7, 11) is 1.49. The third kappa shape index (κ3) is 3.50. The van der Waals surface area contributed by atoms with Crippen LogP contribution in [0.15, 0.2) is 0 Å². The number of carbonyl (C=O) groups is 2. The molecule has 1 aliphatic heterocycles. The highest BCUT2D eigenvalue weighted by Gasteiger charge is 2.60. The monoisotopic (exact) mass is 391 g/mol. The molecule has 4 fully saturated rings. The molecule has 0 radical (unpaired) electrons. The van der Waals surface area contributed by atoms with E-state index in [4.69, 9.17) is 4.74 Å². The molecule has 6 unspecified atom stereocenters. The van der Waals surface area contributed by atoms with E-state index in [1.54, 1.807) is 0 Å². The van der Waals surface area contributed by atoms with Crippen LogP contribution in [0.3, 0.4) is 0 Å². The Morgan fingerprint density at radius 2 is 1.75 bits per heavy atom. The number of nitrogens with one attached hydrogen (secondary N) is 1. The fraction of sp³-hybridized carbons (Fsp3) is 0.917. The summed E-state index contributed by atoms with van der Waals surface area (Å²) >= 11 is 0. The third-order valence-electron chi connectivity index (χ3n) is 9.22. The Morgan fingerprint density at radius 1 is 1.04 bits per heavy atom. The molecule has 0 spiro atoms. The lowest BCUT2D eigenvalue weighted by molar-refractivity contribution is -0.142. The normalized spacial score (nSPS) is 44.2. The second kappa shape index (κ2) is 8.36. The lowest BCUT2D eigenvalue weighted by Crippen LogP contribution is -2.61. The molecule has 1 N–H and O–H groups in total. The number of rotatable bonds is 3. The molecule has 7 atom stereocenters. The average Bonchev–Trinajstić information content (AvgIpc) is 3.04. The predicted octanol–water partition coefficient (Wildman–Crippen LogP) is 5.10. The minimum Gasteiger partial charge on any atom is -0.469 e. The summed E-state index contributed by atoms with van der Waals surface area (Å²) in [6, 6.07) is 0.394. The van der Waals surface area contributed by atoms with Crippen LogP contribution in [0.2, 0.25) is 0 Å². The van der Waals surface area contributed by atoms with Gasteiger partial charge in [0.25, 0.3) is 0 Å². The molecule has 0 aromatic heterocycles. The number of amides is 1. The van der Waals surface area contributed by atoms with E-state index in [1.165, 1.54) is 39.2 Å². The van der Waals surface area contributed by atoms with E-state index in [2.05, 4.69) is 19.2 Å². The maximum Gasteiger partial charge on any atom is 0.305 e. The highest BCUT2D eigenvalue weighted by Crippen LogP contribution is 2.66. The van der Waals surface area contributed by atoms with Crippen LogP contribution in [-0.2, 0) is 14.3 Å². The number of piperidine rings is 1. The number of fused-ring (bicyclic) bond motifs is 5. The number of methoxy groups -OCH3 is 1. The predicted molar refractivity (Wildman–Crippen MR) is 112 cm³/mol. The molecule has 1 amide bonds. The quantitative estimate of drug-likeness (QED) is 0.681. The second-order valence-corrected chi connectivity index (χ2v) is 10.0. The Labute approximate surface area is 171 Å². The lowest BCUT2D eigenvalue weighted by Gasteiger charge is -2.60. The highest BCUT2D eigenvalue weighted by molar-refractivity contribution is 5.77. The van der Waals surface area contributed by atoms with Crippen LogP contribution >= 0.6 is 0 Å². The van der Waals surface area contributed by atoms with Crippen molar-refractivity contribution in [2.24, 2.45) is 34.5 Å². The number of hydrogen-bond donors (Lipinski definition) is 1. The maximum atomic E-state index is 11.9. The number of esters is 1. The molecule has 1 saturated heterocycles. The molecular formula is C24H41NO3. The standard InChI is InChI=1S/C22H35NO3.C2H6/c1-21-12-10-17-15(6-8-18-22(17,2)13-11-19(24)23-18)16(21)7-4-14(21)5-9-20(25)26-3;1-2/h14-18H,4-13H2,1-3H3,(H,23,24);1-2H3/t14-,15?,16?,17?,18?,21?,22?;/m1./s1. The van der Waals surface area contributed by atoms with Crippen LogP contribution < -0.4 is 5.32 Å². The maximum absolute atomic E-state index is 11.9. The summed E-state index contributed by atoms with van der Waals surface area (Å²) in [5, 5.41) is 3.32. The van der Waals surface area contributed by atoms with E-state index in [0.29, 0.717) is 35.6 Å². The largest absolute Gasteiger partial charge is 0.469 e. The van der Waals surface area contributed by atoms with Crippen molar-refractivity contribution in [2.75, 3.05) is 7.11 Å². The van der Waals surface area contributed by atoms with Gasteiger partial charge in [0.2, 0.25) is 5.91 Å². The van der Waals surface area contributed by atoms with Crippen LogP contribution in [0, 0.1) is 34.5 Å². The van der Waals surface area contributed by atoms with Crippen molar-refractivity contribution in [2.45, 2.75) is 97.9 Å². The SMILES string of the molecule is CC.COC(=O)CC[C@H]1CCC2C3CCC4NC(=O)CCC4(C)C3CCC21C. The molecular weight excluding hydrogens is 350 g/mol. The third-order valence-corrected chi connectivity index (χ3v) is 9.22. The molecule has 4 heteroatoms. The molecule has 4 nitrogen and oxygen atoms in total. The van der Waals surface area contributed by atoms with Crippen molar-refractivity contribution < 1.29 is 14.3 Å². The van der Waals surface area contributed by atoms with Crippen molar-refractivity contribution >= 4 is 11.9 Å². The molecule has 0 bridgehead atoms. The summed E-state index contributed by atoms with van der Waals surface area (Å²) in [6.07, 6.45) is 11.0. The first-order valence-electron chi connectivity index (χ1n) is 11.7. The molecule has 3 saturated carbocycles. The van der Waals surface area contributed by atoms with Gasteiger partial charge in [-0.15, -0.1) is 0 Å². The highest BCUT2D eigenvalue weighted by atomic mass is 16.5. The van der Waals surface area contributed by atoms with Gasteiger partial charge in [0.15, 0.2) is 0 Å². The van der Waals surface area contributed by atoms with Crippen molar-refractivity contribution in [3.05, 3.63) is 0 Å². The molecule has 4 rings (SSSR count). The average molecular weight is 392 g/mol. The van der Waals surface area contributed by atoms with E-state index in [1.807, 2.05) is 13.8 Å². The zero-order valence-corrected chi connectivity index (χ0v) is 18.7. The Morgan fingerprint density at radius 3 is 2.46 bits per heavy atom. The summed E-state index contributed by atoms with van der Waals surface area (Å²) in [5.41, 5.74) is 0.693. The van der Waals surface area contributed by atoms with Gasteiger partial charge in [-0.3, -0.25) is 9.59 Å². The van der Waals surface area contributed by atoms with Crippen molar-refractivity contribution in [1.29, 1.82) is 0 Å². The van der Waals surface area contributed by atoms with E-state index in [-0.39, 0.29) is 11.9 Å². The molecule has 1 heterocycles. The van der Waals surface area contributed by atoms with E-state index >= 15 is 0 Å². The molecule has 160 valence electrons. The number of hydrogen-bond acceptors (Lipinski definition) is 3. The number of carbonyl (C=O) groups excluding carboxylic acids is 2.